The van der Waals surface area contributed by atoms with Crippen molar-refractivity contribution in [3.05, 3.63) is 101 Å². The lowest BCUT2D eigenvalue weighted by Crippen LogP contribution is -2.24. The second kappa shape index (κ2) is 10.8. The summed E-state index contributed by atoms with van der Waals surface area (Å²) in [5.74, 6) is 5.88. The van der Waals surface area contributed by atoms with Crippen LogP contribution in [0.25, 0.3) is 0 Å². The minimum absolute atomic E-state index is 0.296. The summed E-state index contributed by atoms with van der Waals surface area (Å²) in [5, 5.41) is 9.05. The van der Waals surface area contributed by atoms with Crippen molar-refractivity contribution in [2.75, 3.05) is 13.7 Å². The summed E-state index contributed by atoms with van der Waals surface area (Å²) in [5.41, 5.74) is 4.26. The second-order valence-corrected chi connectivity index (χ2v) is 6.86. The molecule has 0 saturated carbocycles. The Labute approximate surface area is 177 Å². The maximum absolute atomic E-state index is 11.0. The summed E-state index contributed by atoms with van der Waals surface area (Å²) >= 11 is 0. The van der Waals surface area contributed by atoms with Crippen LogP contribution >= 0.6 is 0 Å². The van der Waals surface area contributed by atoms with Crippen molar-refractivity contribution >= 4 is 5.97 Å². The largest absolute Gasteiger partial charge is 0.481 e. The van der Waals surface area contributed by atoms with Gasteiger partial charge in [-0.2, -0.15) is 0 Å². The van der Waals surface area contributed by atoms with Crippen LogP contribution in [0.2, 0.25) is 0 Å². The molecule has 30 heavy (non-hydrogen) atoms. The average molecular weight is 400 g/mol. The lowest BCUT2D eigenvalue weighted by atomic mass is 10.1. The molecule has 0 aliphatic heterocycles. The van der Waals surface area contributed by atoms with Gasteiger partial charge in [0.2, 0.25) is 0 Å². The summed E-state index contributed by atoms with van der Waals surface area (Å²) < 4.78 is 10.7. The zero-order valence-corrected chi connectivity index (χ0v) is 16.9. The smallest absolute Gasteiger partial charge is 0.333 e. The third-order valence-corrected chi connectivity index (χ3v) is 4.65. The van der Waals surface area contributed by atoms with E-state index in [1.807, 2.05) is 54.6 Å². The number of ether oxygens (including phenoxy) is 2. The molecule has 3 rings (SSSR count). The summed E-state index contributed by atoms with van der Waals surface area (Å²) in [6, 6.07) is 25.9. The molecule has 0 bridgehead atoms. The number of hydrogen-bond donors (Lipinski definition) is 1. The number of carboxylic acid groups (broad SMARTS) is 1. The van der Waals surface area contributed by atoms with Crippen LogP contribution in [0, 0.1) is 11.8 Å². The molecule has 152 valence electrons. The van der Waals surface area contributed by atoms with E-state index in [-0.39, 0.29) is 0 Å². The Hall–Kier alpha value is -3.55. The highest BCUT2D eigenvalue weighted by atomic mass is 16.5. The Balaban J connectivity index is 1.48. The molecule has 0 saturated heterocycles. The first-order chi connectivity index (χ1) is 14.6. The van der Waals surface area contributed by atoms with E-state index < -0.39 is 12.1 Å². The molecular formula is C26H24O4. The predicted octanol–water partition coefficient (Wildman–Crippen LogP) is 4.35. The van der Waals surface area contributed by atoms with Gasteiger partial charge in [-0.15, -0.1) is 0 Å². The maximum Gasteiger partial charge on any atom is 0.333 e. The van der Waals surface area contributed by atoms with Crippen molar-refractivity contribution in [1.29, 1.82) is 0 Å². The van der Waals surface area contributed by atoms with Gasteiger partial charge in [-0.25, -0.2) is 4.79 Å². The third kappa shape index (κ3) is 6.51. The fourth-order valence-electron chi connectivity index (χ4n) is 3.00. The van der Waals surface area contributed by atoms with Crippen molar-refractivity contribution in [3.63, 3.8) is 0 Å². The third-order valence-electron chi connectivity index (χ3n) is 4.65. The lowest BCUT2D eigenvalue weighted by molar-refractivity contribution is -0.148. The number of hydrogen-bond acceptors (Lipinski definition) is 3. The van der Waals surface area contributed by atoms with E-state index in [0.29, 0.717) is 13.0 Å². The van der Waals surface area contributed by atoms with Crippen LogP contribution in [0.4, 0.5) is 0 Å². The van der Waals surface area contributed by atoms with Crippen molar-refractivity contribution < 1.29 is 19.4 Å². The fourth-order valence-corrected chi connectivity index (χ4v) is 3.00. The van der Waals surface area contributed by atoms with Gasteiger partial charge >= 0.3 is 5.97 Å². The van der Waals surface area contributed by atoms with Crippen LogP contribution in [-0.4, -0.2) is 30.9 Å². The first-order valence-corrected chi connectivity index (χ1v) is 9.73. The Morgan fingerprint density at radius 2 is 1.53 bits per heavy atom. The highest BCUT2D eigenvalue weighted by molar-refractivity contribution is 5.72. The van der Waals surface area contributed by atoms with Crippen molar-refractivity contribution in [1.82, 2.24) is 0 Å². The predicted molar refractivity (Wildman–Crippen MR) is 117 cm³/mol. The van der Waals surface area contributed by atoms with E-state index in [9.17, 15) is 4.79 Å². The number of carbonyl (C=O) groups is 1. The van der Waals surface area contributed by atoms with E-state index in [1.54, 1.807) is 0 Å². The molecule has 0 aromatic heterocycles. The molecule has 3 aromatic carbocycles. The quantitative estimate of drug-likeness (QED) is 0.571. The van der Waals surface area contributed by atoms with Crippen molar-refractivity contribution in [2.24, 2.45) is 0 Å². The van der Waals surface area contributed by atoms with E-state index in [1.165, 1.54) is 18.2 Å². The lowest BCUT2D eigenvalue weighted by Gasteiger charge is -2.10. The second-order valence-electron chi connectivity index (χ2n) is 6.86. The Morgan fingerprint density at radius 3 is 2.17 bits per heavy atom. The number of rotatable bonds is 8. The maximum atomic E-state index is 11.0. The van der Waals surface area contributed by atoms with Crippen molar-refractivity contribution in [3.8, 4) is 17.6 Å². The molecule has 0 radical (unpaired) electrons. The van der Waals surface area contributed by atoms with Crippen LogP contribution < -0.4 is 4.74 Å². The SMILES string of the molecule is COC(Cc1ccc(C#CCOc2ccc(Cc3ccccc3)cc2)cc1)C(=O)O. The van der Waals surface area contributed by atoms with Gasteiger partial charge in [0.15, 0.2) is 6.10 Å². The molecule has 0 aliphatic carbocycles. The molecule has 1 N–H and O–H groups in total. The van der Waals surface area contributed by atoms with Crippen LogP contribution in [-0.2, 0) is 22.4 Å². The standard InChI is InChI=1S/C26H24O4/c1-29-25(26(27)28)19-23-11-9-20(10-12-23)8-5-17-30-24-15-13-22(14-16-24)18-21-6-3-2-4-7-21/h2-4,6-7,9-16,25H,17-19H2,1H3,(H,27,28). The fraction of sp³-hybridized carbons (Fsp3) is 0.192. The summed E-state index contributed by atoms with van der Waals surface area (Å²) in [6.07, 6.45) is 0.381. The molecule has 1 unspecified atom stereocenters. The van der Waals surface area contributed by atoms with Gasteiger partial charge < -0.3 is 14.6 Å². The van der Waals surface area contributed by atoms with Gasteiger partial charge in [0.05, 0.1) is 0 Å². The Morgan fingerprint density at radius 1 is 0.900 bits per heavy atom. The molecule has 4 nitrogen and oxygen atoms in total. The van der Waals surface area contributed by atoms with Crippen LogP contribution in [0.15, 0.2) is 78.9 Å². The molecule has 0 spiro atoms. The van der Waals surface area contributed by atoms with Gasteiger partial charge in [-0.1, -0.05) is 66.4 Å². The summed E-state index contributed by atoms with van der Waals surface area (Å²) in [6.45, 7) is 0.296. The molecule has 1 atom stereocenters. The molecule has 0 fully saturated rings. The molecule has 0 amide bonds. The van der Waals surface area contributed by atoms with E-state index in [2.05, 4.69) is 36.1 Å². The van der Waals surface area contributed by atoms with E-state index >= 15 is 0 Å². The first kappa shape index (κ1) is 21.2. The number of aliphatic carboxylic acids is 1. The minimum Gasteiger partial charge on any atom is -0.481 e. The molecule has 0 heterocycles. The van der Waals surface area contributed by atoms with Crippen LogP contribution in [0.5, 0.6) is 5.75 Å². The summed E-state index contributed by atoms with van der Waals surface area (Å²) in [7, 11) is 1.40. The number of carboxylic acids is 1. The Kier molecular flexibility index (Phi) is 7.65. The zero-order valence-electron chi connectivity index (χ0n) is 16.9. The molecule has 0 aliphatic rings. The van der Waals surface area contributed by atoms with E-state index in [0.717, 1.165) is 23.3 Å². The van der Waals surface area contributed by atoms with Crippen LogP contribution in [0.1, 0.15) is 22.3 Å². The Bertz CT molecular complexity index is 997. The first-order valence-electron chi connectivity index (χ1n) is 9.73. The van der Waals surface area contributed by atoms with Gasteiger partial charge in [0.25, 0.3) is 0 Å². The highest BCUT2D eigenvalue weighted by Gasteiger charge is 2.16. The highest BCUT2D eigenvalue weighted by Crippen LogP contribution is 2.15. The van der Waals surface area contributed by atoms with Crippen molar-refractivity contribution in [2.45, 2.75) is 18.9 Å². The van der Waals surface area contributed by atoms with Gasteiger partial charge in [0.1, 0.15) is 12.4 Å². The molecule has 3 aromatic rings. The summed E-state index contributed by atoms with van der Waals surface area (Å²) in [4.78, 5) is 11.0. The number of methoxy groups -OCH3 is 1. The zero-order chi connectivity index (χ0) is 21.2. The minimum atomic E-state index is -0.966. The van der Waals surface area contributed by atoms with Gasteiger partial charge in [0, 0.05) is 19.1 Å². The number of benzene rings is 3. The van der Waals surface area contributed by atoms with Gasteiger partial charge in [-0.3, -0.25) is 0 Å². The monoisotopic (exact) mass is 400 g/mol. The van der Waals surface area contributed by atoms with Crippen LogP contribution in [0.3, 0.4) is 0 Å². The normalized spacial score (nSPS) is 11.2. The molecule has 4 heteroatoms. The average Bonchev–Trinajstić information content (AvgIpc) is 2.77. The van der Waals surface area contributed by atoms with E-state index in [4.69, 9.17) is 14.6 Å². The van der Waals surface area contributed by atoms with Gasteiger partial charge in [-0.05, 0) is 47.4 Å². The topological polar surface area (TPSA) is 55.8 Å². The molecular weight excluding hydrogens is 376 g/mol.